The number of benzene rings is 2. The van der Waals surface area contributed by atoms with Gasteiger partial charge in [-0.2, -0.15) is 0 Å². The van der Waals surface area contributed by atoms with Gasteiger partial charge >= 0.3 is 0 Å². The van der Waals surface area contributed by atoms with Crippen molar-refractivity contribution in [3.8, 4) is 5.75 Å². The van der Waals surface area contributed by atoms with Crippen LogP contribution in [0.3, 0.4) is 0 Å². The Morgan fingerprint density at radius 1 is 1.06 bits per heavy atom. The van der Waals surface area contributed by atoms with Crippen LogP contribution in [0.2, 0.25) is 5.02 Å². The first-order chi connectivity index (χ1) is 8.56. The lowest BCUT2D eigenvalue weighted by Crippen LogP contribution is -1.98. The molecule has 0 saturated heterocycles. The van der Waals surface area contributed by atoms with E-state index in [1.807, 2.05) is 24.3 Å². The number of ether oxygens (including phenoxy) is 1. The second-order valence-electron chi connectivity index (χ2n) is 4.39. The summed E-state index contributed by atoms with van der Waals surface area (Å²) in [6, 6.07) is 11.4. The van der Waals surface area contributed by atoms with Gasteiger partial charge < -0.3 is 10.5 Å². The Morgan fingerprint density at radius 3 is 2.56 bits per heavy atom. The number of hydrogen-bond donors (Lipinski definition) is 1. The Balaban J connectivity index is 2.11. The quantitative estimate of drug-likeness (QED) is 0.844. The molecular weight excluding hydrogens is 246 g/mol. The van der Waals surface area contributed by atoms with Crippen molar-refractivity contribution in [2.45, 2.75) is 20.5 Å². The Kier molecular flexibility index (Phi) is 3.78. The van der Waals surface area contributed by atoms with E-state index in [1.54, 1.807) is 12.1 Å². The van der Waals surface area contributed by atoms with Gasteiger partial charge in [0.05, 0.1) is 0 Å². The molecule has 0 unspecified atom stereocenters. The van der Waals surface area contributed by atoms with Crippen molar-refractivity contribution in [2.24, 2.45) is 0 Å². The summed E-state index contributed by atoms with van der Waals surface area (Å²) in [6.45, 7) is 4.57. The van der Waals surface area contributed by atoms with Gasteiger partial charge in [-0.3, -0.25) is 0 Å². The van der Waals surface area contributed by atoms with Gasteiger partial charge in [-0.25, -0.2) is 0 Å². The van der Waals surface area contributed by atoms with Crippen LogP contribution in [0.4, 0.5) is 5.69 Å². The Morgan fingerprint density at radius 2 is 1.83 bits per heavy atom. The second-order valence-corrected chi connectivity index (χ2v) is 4.79. The van der Waals surface area contributed by atoms with Crippen LogP contribution in [0.1, 0.15) is 16.7 Å². The summed E-state index contributed by atoms with van der Waals surface area (Å²) in [4.78, 5) is 0. The summed E-state index contributed by atoms with van der Waals surface area (Å²) in [5.74, 6) is 0.844. The molecule has 0 aliphatic heterocycles. The van der Waals surface area contributed by atoms with Crippen molar-refractivity contribution in [2.75, 3.05) is 5.73 Å². The summed E-state index contributed by atoms with van der Waals surface area (Å²) >= 11 is 6.08. The van der Waals surface area contributed by atoms with Crippen LogP contribution in [-0.2, 0) is 6.61 Å². The zero-order valence-corrected chi connectivity index (χ0v) is 11.3. The summed E-state index contributed by atoms with van der Waals surface area (Å²) in [5, 5.41) is 0.674. The SMILES string of the molecule is Cc1ccc(OCc2cc(N)ccc2Cl)cc1C. The van der Waals surface area contributed by atoms with Gasteiger partial charge in [0.2, 0.25) is 0 Å². The number of nitrogens with two attached hydrogens (primary N) is 1. The summed E-state index contributed by atoms with van der Waals surface area (Å²) in [6.07, 6.45) is 0. The number of aryl methyl sites for hydroxylation is 2. The Bertz CT molecular complexity index is 566. The third-order valence-electron chi connectivity index (χ3n) is 2.94. The molecule has 0 bridgehead atoms. The van der Waals surface area contributed by atoms with E-state index in [2.05, 4.69) is 13.8 Å². The van der Waals surface area contributed by atoms with Gasteiger partial charge in [0.1, 0.15) is 12.4 Å². The summed E-state index contributed by atoms with van der Waals surface area (Å²) < 4.78 is 5.72. The molecule has 0 radical (unpaired) electrons. The van der Waals surface area contributed by atoms with Crippen LogP contribution in [0.25, 0.3) is 0 Å². The minimum atomic E-state index is 0.423. The molecule has 2 aromatic carbocycles. The molecule has 0 amide bonds. The molecule has 2 N–H and O–H groups in total. The monoisotopic (exact) mass is 261 g/mol. The van der Waals surface area contributed by atoms with Crippen molar-refractivity contribution >= 4 is 17.3 Å². The number of halogens is 1. The topological polar surface area (TPSA) is 35.2 Å². The van der Waals surface area contributed by atoms with Crippen molar-refractivity contribution in [3.63, 3.8) is 0 Å². The molecule has 2 nitrogen and oxygen atoms in total. The van der Waals surface area contributed by atoms with Crippen molar-refractivity contribution in [1.29, 1.82) is 0 Å². The van der Waals surface area contributed by atoms with E-state index >= 15 is 0 Å². The van der Waals surface area contributed by atoms with Crippen LogP contribution >= 0.6 is 11.6 Å². The largest absolute Gasteiger partial charge is 0.489 e. The fourth-order valence-corrected chi connectivity index (χ4v) is 1.84. The molecule has 0 atom stereocenters. The lowest BCUT2D eigenvalue weighted by Gasteiger charge is -2.10. The summed E-state index contributed by atoms with van der Waals surface area (Å²) in [5.41, 5.74) is 9.79. The zero-order chi connectivity index (χ0) is 13.1. The minimum Gasteiger partial charge on any atom is -0.489 e. The molecule has 0 aliphatic rings. The highest BCUT2D eigenvalue weighted by Gasteiger charge is 2.03. The maximum atomic E-state index is 6.08. The first kappa shape index (κ1) is 12.8. The first-order valence-corrected chi connectivity index (χ1v) is 6.18. The smallest absolute Gasteiger partial charge is 0.120 e. The van der Waals surface area contributed by atoms with Crippen molar-refractivity contribution in [3.05, 3.63) is 58.1 Å². The van der Waals surface area contributed by atoms with Crippen LogP contribution in [-0.4, -0.2) is 0 Å². The lowest BCUT2D eigenvalue weighted by molar-refractivity contribution is 0.306. The van der Waals surface area contributed by atoms with Crippen LogP contribution in [0, 0.1) is 13.8 Å². The second kappa shape index (κ2) is 5.32. The molecule has 0 heterocycles. The van der Waals surface area contributed by atoms with Gasteiger partial charge in [-0.1, -0.05) is 17.7 Å². The molecule has 0 fully saturated rings. The van der Waals surface area contributed by atoms with Crippen molar-refractivity contribution < 1.29 is 4.74 Å². The van der Waals surface area contributed by atoms with E-state index in [9.17, 15) is 0 Å². The highest BCUT2D eigenvalue weighted by Crippen LogP contribution is 2.22. The standard InChI is InChI=1S/C15H16ClNO/c1-10-3-5-14(7-11(10)2)18-9-12-8-13(17)4-6-15(12)16/h3-8H,9,17H2,1-2H3. The van der Waals surface area contributed by atoms with Crippen LogP contribution < -0.4 is 10.5 Å². The normalized spacial score (nSPS) is 10.4. The maximum absolute atomic E-state index is 6.08. The number of nitrogen functional groups attached to an aromatic ring is 1. The minimum absolute atomic E-state index is 0.423. The fraction of sp³-hybridized carbons (Fsp3) is 0.200. The predicted molar refractivity (Wildman–Crippen MR) is 76.1 cm³/mol. The van der Waals surface area contributed by atoms with Gasteiger partial charge in [0, 0.05) is 16.3 Å². The molecular formula is C15H16ClNO. The van der Waals surface area contributed by atoms with E-state index in [0.717, 1.165) is 11.3 Å². The van der Waals surface area contributed by atoms with E-state index in [0.29, 0.717) is 17.3 Å². The molecule has 0 spiro atoms. The molecule has 2 rings (SSSR count). The highest BCUT2D eigenvalue weighted by molar-refractivity contribution is 6.31. The molecule has 0 aliphatic carbocycles. The molecule has 2 aromatic rings. The van der Waals surface area contributed by atoms with Gasteiger partial charge in [-0.05, 0) is 55.3 Å². The third kappa shape index (κ3) is 2.96. The lowest BCUT2D eigenvalue weighted by atomic mass is 10.1. The average molecular weight is 262 g/mol. The number of rotatable bonds is 3. The number of hydrogen-bond acceptors (Lipinski definition) is 2. The maximum Gasteiger partial charge on any atom is 0.120 e. The van der Waals surface area contributed by atoms with Gasteiger partial charge in [0.25, 0.3) is 0 Å². The van der Waals surface area contributed by atoms with E-state index in [-0.39, 0.29) is 0 Å². The van der Waals surface area contributed by atoms with E-state index in [1.165, 1.54) is 11.1 Å². The molecule has 3 heteroatoms. The van der Waals surface area contributed by atoms with E-state index in [4.69, 9.17) is 22.1 Å². The van der Waals surface area contributed by atoms with Gasteiger partial charge in [0.15, 0.2) is 0 Å². The Labute approximate surface area is 112 Å². The van der Waals surface area contributed by atoms with Crippen LogP contribution in [0.15, 0.2) is 36.4 Å². The molecule has 18 heavy (non-hydrogen) atoms. The average Bonchev–Trinajstić information content (AvgIpc) is 2.34. The number of anilines is 1. The molecule has 94 valence electrons. The molecule has 0 saturated carbocycles. The third-order valence-corrected chi connectivity index (χ3v) is 3.31. The predicted octanol–water partition coefficient (Wildman–Crippen LogP) is 4.12. The van der Waals surface area contributed by atoms with E-state index < -0.39 is 0 Å². The molecule has 0 aromatic heterocycles. The Hall–Kier alpha value is -1.67. The van der Waals surface area contributed by atoms with Crippen LogP contribution in [0.5, 0.6) is 5.75 Å². The highest BCUT2D eigenvalue weighted by atomic mass is 35.5. The van der Waals surface area contributed by atoms with Crippen molar-refractivity contribution in [1.82, 2.24) is 0 Å². The zero-order valence-electron chi connectivity index (χ0n) is 10.5. The fourth-order valence-electron chi connectivity index (χ4n) is 1.67. The first-order valence-electron chi connectivity index (χ1n) is 5.80. The van der Waals surface area contributed by atoms with Gasteiger partial charge in [-0.15, -0.1) is 0 Å². The summed E-state index contributed by atoms with van der Waals surface area (Å²) in [7, 11) is 0.